The number of nitrogens with one attached hydrogen (secondary N) is 1. The van der Waals surface area contributed by atoms with Crippen molar-refractivity contribution in [1.29, 1.82) is 0 Å². The molecule has 0 radical (unpaired) electrons. The Kier molecular flexibility index (Phi) is 11.6. The number of rotatable bonds is 5. The molecule has 0 saturated heterocycles. The first-order valence-corrected chi connectivity index (χ1v) is 5.17. The van der Waals surface area contributed by atoms with E-state index in [1.165, 1.54) is 0 Å². The predicted octanol–water partition coefficient (Wildman–Crippen LogP) is 1.36. The Morgan fingerprint density at radius 2 is 1.80 bits per heavy atom. The Balaban J connectivity index is 0. The summed E-state index contributed by atoms with van der Waals surface area (Å²) in [6.07, 6.45) is 2.34. The van der Waals surface area contributed by atoms with Crippen molar-refractivity contribution in [3.8, 4) is 0 Å². The lowest BCUT2D eigenvalue weighted by Gasteiger charge is -1.99. The summed E-state index contributed by atoms with van der Waals surface area (Å²) >= 11 is 0. The SMILES string of the molecule is C=C(C)C(=O)NCCC.CCCC(N)=O. The molecule has 0 unspecified atom stereocenters. The summed E-state index contributed by atoms with van der Waals surface area (Å²) in [7, 11) is 0. The summed E-state index contributed by atoms with van der Waals surface area (Å²) in [5.41, 5.74) is 5.34. The Hall–Kier alpha value is -1.32. The lowest BCUT2D eigenvalue weighted by Crippen LogP contribution is -2.24. The number of nitrogens with two attached hydrogens (primary N) is 1. The molecule has 15 heavy (non-hydrogen) atoms. The molecule has 0 spiro atoms. The molecule has 0 saturated carbocycles. The summed E-state index contributed by atoms with van der Waals surface area (Å²) in [5.74, 6) is -0.255. The minimum absolute atomic E-state index is 0.0446. The zero-order valence-electron chi connectivity index (χ0n) is 9.93. The van der Waals surface area contributed by atoms with Gasteiger partial charge in [-0.1, -0.05) is 20.4 Å². The molecule has 0 aromatic heterocycles. The second-order valence-electron chi connectivity index (χ2n) is 3.25. The topological polar surface area (TPSA) is 72.2 Å². The molecule has 4 nitrogen and oxygen atoms in total. The molecular weight excluding hydrogens is 192 g/mol. The fourth-order valence-electron chi connectivity index (χ4n) is 0.636. The number of carbonyl (C=O) groups excluding carboxylic acids is 2. The Bertz CT molecular complexity index is 213. The van der Waals surface area contributed by atoms with Crippen LogP contribution in [-0.2, 0) is 9.59 Å². The van der Waals surface area contributed by atoms with Crippen molar-refractivity contribution < 1.29 is 9.59 Å². The molecule has 3 N–H and O–H groups in total. The molecular formula is C11H22N2O2. The van der Waals surface area contributed by atoms with Crippen LogP contribution in [0.15, 0.2) is 12.2 Å². The Morgan fingerprint density at radius 3 is 2.00 bits per heavy atom. The van der Waals surface area contributed by atoms with Crippen LogP contribution in [0.2, 0.25) is 0 Å². The number of amides is 2. The second-order valence-corrected chi connectivity index (χ2v) is 3.25. The van der Waals surface area contributed by atoms with Gasteiger partial charge in [0, 0.05) is 18.5 Å². The van der Waals surface area contributed by atoms with Gasteiger partial charge in [0.25, 0.3) is 0 Å². The Morgan fingerprint density at radius 1 is 1.27 bits per heavy atom. The van der Waals surface area contributed by atoms with Gasteiger partial charge in [-0.05, 0) is 19.8 Å². The number of primary amides is 1. The molecule has 0 aromatic carbocycles. The van der Waals surface area contributed by atoms with Gasteiger partial charge in [-0.15, -0.1) is 0 Å². The highest BCUT2D eigenvalue weighted by Gasteiger charge is 1.96. The molecule has 0 atom stereocenters. The molecule has 0 aliphatic heterocycles. The summed E-state index contributed by atoms with van der Waals surface area (Å²) < 4.78 is 0. The first kappa shape index (κ1) is 16.1. The van der Waals surface area contributed by atoms with Crippen LogP contribution in [0, 0.1) is 0 Å². The first-order valence-electron chi connectivity index (χ1n) is 5.17. The van der Waals surface area contributed by atoms with Crippen molar-refractivity contribution in [2.24, 2.45) is 5.73 Å². The fraction of sp³-hybridized carbons (Fsp3) is 0.636. The molecule has 4 heteroatoms. The largest absolute Gasteiger partial charge is 0.370 e. The van der Waals surface area contributed by atoms with Crippen LogP contribution in [-0.4, -0.2) is 18.4 Å². The third-order valence-corrected chi connectivity index (χ3v) is 1.42. The smallest absolute Gasteiger partial charge is 0.246 e. The molecule has 0 aliphatic carbocycles. The predicted molar refractivity (Wildman–Crippen MR) is 62.2 cm³/mol. The minimum Gasteiger partial charge on any atom is -0.370 e. The third kappa shape index (κ3) is 15.4. The Labute approximate surface area is 91.9 Å². The van der Waals surface area contributed by atoms with Gasteiger partial charge in [-0.25, -0.2) is 0 Å². The second kappa shape index (κ2) is 10.8. The van der Waals surface area contributed by atoms with E-state index < -0.39 is 0 Å². The zero-order chi connectivity index (χ0) is 12.3. The van der Waals surface area contributed by atoms with E-state index in [9.17, 15) is 9.59 Å². The van der Waals surface area contributed by atoms with Crippen LogP contribution in [0.5, 0.6) is 0 Å². The average Bonchev–Trinajstić information content (AvgIpc) is 2.14. The fourth-order valence-corrected chi connectivity index (χ4v) is 0.636. The molecule has 88 valence electrons. The molecule has 0 rings (SSSR count). The standard InChI is InChI=1S/C7H13NO.C4H9NO/c1-4-5-8-7(9)6(2)3;1-2-3-4(5)6/h2,4-5H2,1,3H3,(H,8,9);2-3H2,1H3,(H2,5,6). The van der Waals surface area contributed by atoms with Gasteiger partial charge in [-0.3, -0.25) is 9.59 Å². The van der Waals surface area contributed by atoms with E-state index >= 15 is 0 Å². The average molecular weight is 214 g/mol. The molecule has 0 aliphatic rings. The molecule has 0 aromatic rings. The van der Waals surface area contributed by atoms with E-state index in [1.807, 2.05) is 13.8 Å². The van der Waals surface area contributed by atoms with Gasteiger partial charge in [0.05, 0.1) is 0 Å². The lowest BCUT2D eigenvalue weighted by atomic mass is 10.3. The summed E-state index contributed by atoms with van der Waals surface area (Å²) in [6.45, 7) is 9.87. The number of hydrogen-bond acceptors (Lipinski definition) is 2. The zero-order valence-corrected chi connectivity index (χ0v) is 9.93. The molecule has 2 amide bonds. The van der Waals surface area contributed by atoms with Crippen LogP contribution in [0.3, 0.4) is 0 Å². The highest BCUT2D eigenvalue weighted by molar-refractivity contribution is 5.91. The van der Waals surface area contributed by atoms with Crippen molar-refractivity contribution in [2.45, 2.75) is 40.0 Å². The quantitative estimate of drug-likeness (QED) is 0.678. The van der Waals surface area contributed by atoms with E-state index in [2.05, 4.69) is 11.9 Å². The molecule has 0 heterocycles. The summed E-state index contributed by atoms with van der Waals surface area (Å²) in [5, 5.41) is 2.69. The van der Waals surface area contributed by atoms with Crippen molar-refractivity contribution in [3.05, 3.63) is 12.2 Å². The highest BCUT2D eigenvalue weighted by Crippen LogP contribution is 1.84. The number of hydrogen-bond donors (Lipinski definition) is 2. The van der Waals surface area contributed by atoms with Gasteiger partial charge in [-0.2, -0.15) is 0 Å². The third-order valence-electron chi connectivity index (χ3n) is 1.42. The van der Waals surface area contributed by atoms with Gasteiger partial charge in [0.1, 0.15) is 0 Å². The van der Waals surface area contributed by atoms with Crippen LogP contribution in [0.25, 0.3) is 0 Å². The molecule has 0 bridgehead atoms. The maximum absolute atomic E-state index is 10.7. The maximum Gasteiger partial charge on any atom is 0.246 e. The number of carbonyl (C=O) groups is 2. The minimum atomic E-state index is -0.211. The van der Waals surface area contributed by atoms with E-state index in [0.29, 0.717) is 12.0 Å². The van der Waals surface area contributed by atoms with Gasteiger partial charge in [0.15, 0.2) is 0 Å². The van der Waals surface area contributed by atoms with E-state index in [-0.39, 0.29) is 11.8 Å². The van der Waals surface area contributed by atoms with Gasteiger partial charge in [0.2, 0.25) is 11.8 Å². The van der Waals surface area contributed by atoms with Crippen LogP contribution >= 0.6 is 0 Å². The highest BCUT2D eigenvalue weighted by atomic mass is 16.1. The van der Waals surface area contributed by atoms with Crippen molar-refractivity contribution in [2.75, 3.05) is 6.54 Å². The van der Waals surface area contributed by atoms with E-state index in [1.54, 1.807) is 6.92 Å². The summed E-state index contributed by atoms with van der Waals surface area (Å²) in [4.78, 5) is 20.5. The van der Waals surface area contributed by atoms with E-state index in [4.69, 9.17) is 5.73 Å². The lowest BCUT2D eigenvalue weighted by molar-refractivity contribution is -0.118. The first-order chi connectivity index (χ1) is 6.95. The molecule has 0 fully saturated rings. The normalized spacial score (nSPS) is 8.47. The van der Waals surface area contributed by atoms with Crippen LogP contribution in [0.4, 0.5) is 0 Å². The van der Waals surface area contributed by atoms with Crippen molar-refractivity contribution in [3.63, 3.8) is 0 Å². The van der Waals surface area contributed by atoms with Crippen LogP contribution < -0.4 is 11.1 Å². The van der Waals surface area contributed by atoms with Crippen LogP contribution in [0.1, 0.15) is 40.0 Å². The van der Waals surface area contributed by atoms with Gasteiger partial charge >= 0.3 is 0 Å². The summed E-state index contributed by atoms with van der Waals surface area (Å²) in [6, 6.07) is 0. The van der Waals surface area contributed by atoms with E-state index in [0.717, 1.165) is 19.4 Å². The monoisotopic (exact) mass is 214 g/mol. The van der Waals surface area contributed by atoms with Crippen molar-refractivity contribution in [1.82, 2.24) is 5.32 Å². The maximum atomic E-state index is 10.7. The van der Waals surface area contributed by atoms with Crippen molar-refractivity contribution >= 4 is 11.8 Å². The van der Waals surface area contributed by atoms with Gasteiger partial charge < -0.3 is 11.1 Å².